The van der Waals surface area contributed by atoms with Crippen LogP contribution in [0.5, 0.6) is 0 Å². The number of ether oxygens (including phenoxy) is 2. The highest BCUT2D eigenvalue weighted by Gasteiger charge is 2.03. The monoisotopic (exact) mass is 452 g/mol. The second-order valence-electron chi connectivity index (χ2n) is 9.84. The van der Waals surface area contributed by atoms with E-state index in [2.05, 4.69) is 32.9 Å². The third kappa shape index (κ3) is 27.0. The molecule has 0 atom stereocenters. The van der Waals surface area contributed by atoms with Crippen molar-refractivity contribution in [2.24, 2.45) is 5.92 Å². The zero-order chi connectivity index (χ0) is 23.5. The third-order valence-corrected chi connectivity index (χ3v) is 6.02. The maximum Gasteiger partial charge on any atom is 0.508 e. The maximum absolute atomic E-state index is 11.6. The van der Waals surface area contributed by atoms with Gasteiger partial charge in [0.25, 0.3) is 0 Å². The van der Waals surface area contributed by atoms with Gasteiger partial charge in [0, 0.05) is 0 Å². The predicted molar refractivity (Wildman–Crippen MR) is 139 cm³/mol. The van der Waals surface area contributed by atoms with Crippen LogP contribution in [0, 0.1) is 5.92 Å². The summed E-state index contributed by atoms with van der Waals surface area (Å²) in [5.41, 5.74) is 0. The average molecular weight is 453 g/mol. The van der Waals surface area contributed by atoms with Gasteiger partial charge in [-0.3, -0.25) is 0 Å². The van der Waals surface area contributed by atoms with Gasteiger partial charge in [0.05, 0.1) is 13.2 Å². The Balaban J connectivity index is 3.20. The number of hydrogen-bond acceptors (Lipinski definition) is 3. The molecule has 190 valence electrons. The van der Waals surface area contributed by atoms with Crippen LogP contribution in [-0.4, -0.2) is 19.4 Å². The van der Waals surface area contributed by atoms with Crippen molar-refractivity contribution in [1.82, 2.24) is 0 Å². The Hall–Kier alpha value is -0.990. The van der Waals surface area contributed by atoms with E-state index in [-0.39, 0.29) is 0 Å². The third-order valence-electron chi connectivity index (χ3n) is 6.02. The molecule has 0 aromatic carbocycles. The molecule has 3 heteroatoms. The van der Waals surface area contributed by atoms with Crippen LogP contribution < -0.4 is 0 Å². The van der Waals surface area contributed by atoms with Crippen LogP contribution in [0.3, 0.4) is 0 Å². The van der Waals surface area contributed by atoms with Gasteiger partial charge >= 0.3 is 6.16 Å². The van der Waals surface area contributed by atoms with Gasteiger partial charge in [-0.05, 0) is 44.4 Å². The lowest BCUT2D eigenvalue weighted by Gasteiger charge is -2.07. The van der Waals surface area contributed by atoms with Crippen molar-refractivity contribution in [2.45, 2.75) is 149 Å². The first-order chi connectivity index (χ1) is 15.7. The maximum atomic E-state index is 11.6. The lowest BCUT2D eigenvalue weighted by atomic mass is 10.0. The zero-order valence-corrected chi connectivity index (χ0v) is 22.0. The zero-order valence-electron chi connectivity index (χ0n) is 22.0. The Labute approximate surface area is 201 Å². The topological polar surface area (TPSA) is 35.5 Å². The van der Waals surface area contributed by atoms with Gasteiger partial charge in [0.15, 0.2) is 0 Å². The lowest BCUT2D eigenvalue weighted by Crippen LogP contribution is -2.09. The first-order valence-electron chi connectivity index (χ1n) is 14.1. The number of hydrogen-bond donors (Lipinski definition) is 0. The van der Waals surface area contributed by atoms with Crippen molar-refractivity contribution in [3.63, 3.8) is 0 Å². The summed E-state index contributed by atoms with van der Waals surface area (Å²) >= 11 is 0. The summed E-state index contributed by atoms with van der Waals surface area (Å²) in [5.74, 6) is 0.805. The first-order valence-corrected chi connectivity index (χ1v) is 14.1. The summed E-state index contributed by atoms with van der Waals surface area (Å²) in [6, 6.07) is 0. The van der Waals surface area contributed by atoms with Gasteiger partial charge in [-0.2, -0.15) is 0 Å². The van der Waals surface area contributed by atoms with Gasteiger partial charge < -0.3 is 9.47 Å². The molecular formula is C29H56O3. The fraction of sp³-hybridized carbons (Fsp3) is 0.897. The number of allylic oxidation sites excluding steroid dienone is 2. The smallest absolute Gasteiger partial charge is 0.434 e. The molecule has 0 aliphatic rings. The Bertz CT molecular complexity index is 403. The molecule has 0 rings (SSSR count). The SMILES string of the molecule is CCCCCCCC/C=C\CCCCCCCCOC(=O)OCCCCCCCC(C)C. The van der Waals surface area contributed by atoms with Crippen molar-refractivity contribution < 1.29 is 14.3 Å². The summed E-state index contributed by atoms with van der Waals surface area (Å²) in [4.78, 5) is 11.6. The van der Waals surface area contributed by atoms with Crippen LogP contribution >= 0.6 is 0 Å². The fourth-order valence-corrected chi connectivity index (χ4v) is 3.89. The number of carbonyl (C=O) groups excluding carboxylic acids is 1. The van der Waals surface area contributed by atoms with E-state index in [0.29, 0.717) is 13.2 Å². The van der Waals surface area contributed by atoms with E-state index in [4.69, 9.17) is 9.47 Å². The van der Waals surface area contributed by atoms with Crippen molar-refractivity contribution in [3.05, 3.63) is 12.2 Å². The Morgan fingerprint density at radius 2 is 1.00 bits per heavy atom. The Morgan fingerprint density at radius 1 is 0.594 bits per heavy atom. The molecule has 0 aliphatic carbocycles. The summed E-state index contributed by atoms with van der Waals surface area (Å²) in [7, 11) is 0. The van der Waals surface area contributed by atoms with E-state index in [9.17, 15) is 4.79 Å². The van der Waals surface area contributed by atoms with E-state index < -0.39 is 6.16 Å². The van der Waals surface area contributed by atoms with Crippen molar-refractivity contribution >= 4 is 6.16 Å². The first kappa shape index (κ1) is 31.0. The minimum absolute atomic E-state index is 0.488. The highest BCUT2D eigenvalue weighted by atomic mass is 16.7. The molecule has 0 heterocycles. The van der Waals surface area contributed by atoms with Gasteiger partial charge in [-0.1, -0.05) is 123 Å². The van der Waals surface area contributed by atoms with Crippen LogP contribution in [0.2, 0.25) is 0 Å². The van der Waals surface area contributed by atoms with Gasteiger partial charge in [0.1, 0.15) is 0 Å². The Kier molecular flexibility index (Phi) is 25.5. The van der Waals surface area contributed by atoms with Crippen molar-refractivity contribution in [3.8, 4) is 0 Å². The van der Waals surface area contributed by atoms with E-state index in [1.165, 1.54) is 103 Å². The van der Waals surface area contributed by atoms with Crippen LogP contribution in [0.25, 0.3) is 0 Å². The van der Waals surface area contributed by atoms with Crippen LogP contribution in [-0.2, 0) is 9.47 Å². The molecule has 0 aromatic rings. The second-order valence-corrected chi connectivity index (χ2v) is 9.84. The quantitative estimate of drug-likeness (QED) is 0.0829. The number of rotatable bonds is 24. The molecule has 0 bridgehead atoms. The highest BCUT2D eigenvalue weighted by Crippen LogP contribution is 2.11. The molecule has 0 amide bonds. The van der Waals surface area contributed by atoms with E-state index in [1.54, 1.807) is 0 Å². The van der Waals surface area contributed by atoms with Crippen LogP contribution in [0.15, 0.2) is 12.2 Å². The van der Waals surface area contributed by atoms with Gasteiger partial charge in [-0.15, -0.1) is 0 Å². The minimum atomic E-state index is -0.488. The van der Waals surface area contributed by atoms with Crippen LogP contribution in [0.4, 0.5) is 4.79 Å². The summed E-state index contributed by atoms with van der Waals surface area (Å²) in [6.07, 6.45) is 29.5. The Morgan fingerprint density at radius 3 is 1.47 bits per heavy atom. The van der Waals surface area contributed by atoms with Crippen molar-refractivity contribution in [1.29, 1.82) is 0 Å². The fourth-order valence-electron chi connectivity index (χ4n) is 3.89. The molecule has 0 saturated heterocycles. The summed E-state index contributed by atoms with van der Waals surface area (Å²) in [5, 5.41) is 0. The molecule has 0 radical (unpaired) electrons. The molecule has 0 aliphatic heterocycles. The molecule has 0 aromatic heterocycles. The largest absolute Gasteiger partial charge is 0.508 e. The minimum Gasteiger partial charge on any atom is -0.434 e. The van der Waals surface area contributed by atoms with Gasteiger partial charge in [-0.25, -0.2) is 4.79 Å². The number of carbonyl (C=O) groups is 1. The predicted octanol–water partition coefficient (Wildman–Crippen LogP) is 10.2. The van der Waals surface area contributed by atoms with Gasteiger partial charge in [0.2, 0.25) is 0 Å². The molecule has 0 fully saturated rings. The van der Waals surface area contributed by atoms with E-state index >= 15 is 0 Å². The highest BCUT2D eigenvalue weighted by molar-refractivity contribution is 5.59. The molecule has 32 heavy (non-hydrogen) atoms. The van der Waals surface area contributed by atoms with Crippen molar-refractivity contribution in [2.75, 3.05) is 13.2 Å². The lowest BCUT2D eigenvalue weighted by molar-refractivity contribution is 0.0529. The number of unbranched alkanes of at least 4 members (excludes halogenated alkanes) is 16. The standard InChI is InChI=1S/C29H56O3/c1-4-5-6-7-8-9-10-11-12-13-14-15-16-17-20-23-26-31-29(30)32-27-24-21-18-19-22-25-28(2)3/h11-12,28H,4-10,13-27H2,1-3H3/b12-11-. The van der Waals surface area contributed by atoms with E-state index in [0.717, 1.165) is 31.6 Å². The normalized spacial score (nSPS) is 11.5. The summed E-state index contributed by atoms with van der Waals surface area (Å²) in [6.45, 7) is 7.81. The molecule has 0 saturated carbocycles. The molecule has 3 nitrogen and oxygen atoms in total. The van der Waals surface area contributed by atoms with Crippen LogP contribution in [0.1, 0.15) is 149 Å². The molecule has 0 unspecified atom stereocenters. The average Bonchev–Trinajstić information content (AvgIpc) is 2.77. The molecule has 0 spiro atoms. The molecule has 0 N–H and O–H groups in total. The second kappa shape index (κ2) is 26.3. The molecular weight excluding hydrogens is 396 g/mol. The summed E-state index contributed by atoms with van der Waals surface area (Å²) < 4.78 is 10.3. The van der Waals surface area contributed by atoms with E-state index in [1.807, 2.05) is 0 Å².